The van der Waals surface area contributed by atoms with Gasteiger partial charge in [0, 0.05) is 55.9 Å². The van der Waals surface area contributed by atoms with Gasteiger partial charge in [0.15, 0.2) is 0 Å². The van der Waals surface area contributed by atoms with E-state index in [1.165, 1.54) is 17.7 Å². The van der Waals surface area contributed by atoms with E-state index in [0.717, 1.165) is 73.6 Å². The van der Waals surface area contributed by atoms with Crippen molar-refractivity contribution in [1.29, 1.82) is 0 Å². The van der Waals surface area contributed by atoms with Gasteiger partial charge in [-0.15, -0.1) is 0 Å². The number of rotatable bonds is 8. The summed E-state index contributed by atoms with van der Waals surface area (Å²) in [5, 5.41) is 5.74. The molecule has 3 aromatic rings. The number of anilines is 1. The predicted octanol–water partition coefficient (Wildman–Crippen LogP) is 5.53. The number of aromatic nitrogens is 2. The summed E-state index contributed by atoms with van der Waals surface area (Å²) in [6.07, 6.45) is 0. The summed E-state index contributed by atoms with van der Waals surface area (Å²) in [4.78, 5) is 7.35. The van der Waals surface area contributed by atoms with Gasteiger partial charge in [-0.05, 0) is 63.2 Å². The molecule has 2 heterocycles. The molecule has 0 atom stereocenters. The van der Waals surface area contributed by atoms with Gasteiger partial charge in [-0.25, -0.2) is 9.07 Å². The van der Waals surface area contributed by atoms with E-state index in [1.54, 1.807) is 12.1 Å². The predicted molar refractivity (Wildman–Crippen MR) is 138 cm³/mol. The molecule has 182 valence electrons. The summed E-state index contributed by atoms with van der Waals surface area (Å²) in [7, 11) is 0. The Bertz CT molecular complexity index is 1090. The molecule has 4 rings (SSSR count). The maximum Gasteiger partial charge on any atom is 0.137 e. The Morgan fingerprint density at radius 2 is 1.68 bits per heavy atom. The first-order chi connectivity index (χ1) is 16.4. The summed E-state index contributed by atoms with van der Waals surface area (Å²) in [6.45, 7) is 15.3. The molecule has 1 fully saturated rings. The lowest BCUT2D eigenvalue weighted by atomic mass is 10.1. The fourth-order valence-electron chi connectivity index (χ4n) is 4.57. The fourth-order valence-corrected chi connectivity index (χ4v) is 4.76. The molecule has 0 N–H and O–H groups in total. The molecule has 0 radical (unpaired) electrons. The van der Waals surface area contributed by atoms with Crippen LogP contribution in [0.15, 0.2) is 48.5 Å². The van der Waals surface area contributed by atoms with Crippen molar-refractivity contribution in [3.05, 3.63) is 76.2 Å². The summed E-state index contributed by atoms with van der Waals surface area (Å²) in [5.41, 5.74) is 4.22. The van der Waals surface area contributed by atoms with Gasteiger partial charge in [0.05, 0.1) is 11.4 Å². The topological polar surface area (TPSA) is 27.5 Å². The van der Waals surface area contributed by atoms with Crippen LogP contribution in [0.1, 0.15) is 37.6 Å². The number of aryl methyl sites for hydroxylation is 1. The second kappa shape index (κ2) is 10.9. The molecule has 0 unspecified atom stereocenters. The smallest absolute Gasteiger partial charge is 0.137 e. The van der Waals surface area contributed by atoms with Crippen LogP contribution in [-0.2, 0) is 13.1 Å². The maximum absolute atomic E-state index is 13.7. The average Bonchev–Trinajstić information content (AvgIpc) is 3.16. The first-order valence-corrected chi connectivity index (χ1v) is 12.5. The van der Waals surface area contributed by atoms with E-state index in [-0.39, 0.29) is 5.82 Å². The Kier molecular flexibility index (Phi) is 7.91. The first kappa shape index (κ1) is 24.7. The van der Waals surface area contributed by atoms with E-state index in [0.29, 0.717) is 6.04 Å². The first-order valence-electron chi connectivity index (χ1n) is 12.2. The van der Waals surface area contributed by atoms with Crippen LogP contribution in [0.2, 0.25) is 5.02 Å². The van der Waals surface area contributed by atoms with E-state index in [4.69, 9.17) is 16.7 Å². The van der Waals surface area contributed by atoms with Gasteiger partial charge < -0.3 is 9.80 Å². The molecule has 0 spiro atoms. The van der Waals surface area contributed by atoms with Crippen LogP contribution in [0, 0.1) is 12.7 Å². The lowest BCUT2D eigenvalue weighted by Crippen LogP contribution is -2.47. The zero-order valence-electron chi connectivity index (χ0n) is 20.6. The molecule has 5 nitrogen and oxygen atoms in total. The van der Waals surface area contributed by atoms with E-state index in [9.17, 15) is 4.39 Å². The quantitative estimate of drug-likeness (QED) is 0.421. The molecule has 2 aromatic carbocycles. The molecule has 0 saturated carbocycles. The Hall–Kier alpha value is -2.41. The molecule has 1 aromatic heterocycles. The zero-order chi connectivity index (χ0) is 24.2. The van der Waals surface area contributed by atoms with E-state index < -0.39 is 0 Å². The van der Waals surface area contributed by atoms with Crippen LogP contribution >= 0.6 is 11.6 Å². The molecule has 7 heteroatoms. The standard InChI is InChI=1S/C27H35ClFN5/c1-5-31-14-16-32(17-15-31)27-25(21(4)30-34(27)24-12-10-23(29)11-13-24)19-33(20(2)3)18-22-8-6-7-9-26(22)28/h6-13,20H,5,14-19H2,1-4H3. The van der Waals surface area contributed by atoms with Crippen molar-refractivity contribution in [2.24, 2.45) is 0 Å². The van der Waals surface area contributed by atoms with E-state index in [2.05, 4.69) is 48.5 Å². The van der Waals surface area contributed by atoms with Gasteiger partial charge in [-0.1, -0.05) is 36.7 Å². The number of benzene rings is 2. The molecule has 0 amide bonds. The van der Waals surface area contributed by atoms with E-state index >= 15 is 0 Å². The van der Waals surface area contributed by atoms with Crippen LogP contribution in [0.5, 0.6) is 0 Å². The minimum atomic E-state index is -0.239. The van der Waals surface area contributed by atoms with Crippen molar-refractivity contribution in [3.8, 4) is 5.69 Å². The number of hydrogen-bond donors (Lipinski definition) is 0. The van der Waals surface area contributed by atoms with Crippen molar-refractivity contribution >= 4 is 17.4 Å². The third-order valence-corrected chi connectivity index (χ3v) is 7.14. The van der Waals surface area contributed by atoms with Crippen molar-refractivity contribution < 1.29 is 4.39 Å². The van der Waals surface area contributed by atoms with Crippen LogP contribution in [0.3, 0.4) is 0 Å². The Labute approximate surface area is 207 Å². The van der Waals surface area contributed by atoms with Crippen LogP contribution in [0.25, 0.3) is 5.69 Å². The van der Waals surface area contributed by atoms with Gasteiger partial charge in [0.25, 0.3) is 0 Å². The summed E-state index contributed by atoms with van der Waals surface area (Å²) >= 11 is 6.50. The monoisotopic (exact) mass is 483 g/mol. The Balaban J connectivity index is 1.71. The number of halogens is 2. The largest absolute Gasteiger partial charge is 0.354 e. The van der Waals surface area contributed by atoms with Crippen molar-refractivity contribution in [1.82, 2.24) is 19.6 Å². The van der Waals surface area contributed by atoms with Gasteiger partial charge in [-0.2, -0.15) is 5.10 Å². The SMILES string of the molecule is CCN1CCN(c2c(CN(Cc3ccccc3Cl)C(C)C)c(C)nn2-c2ccc(F)cc2)CC1. The fraction of sp³-hybridized carbons (Fsp3) is 0.444. The van der Waals surface area contributed by atoms with Gasteiger partial charge in [0.2, 0.25) is 0 Å². The molecular weight excluding hydrogens is 449 g/mol. The molecular formula is C27H35ClFN5. The molecule has 1 saturated heterocycles. The molecule has 34 heavy (non-hydrogen) atoms. The van der Waals surface area contributed by atoms with Crippen LogP contribution < -0.4 is 4.90 Å². The lowest BCUT2D eigenvalue weighted by molar-refractivity contribution is 0.203. The summed E-state index contributed by atoms with van der Waals surface area (Å²) in [5.74, 6) is 0.876. The average molecular weight is 484 g/mol. The van der Waals surface area contributed by atoms with Crippen molar-refractivity contribution in [3.63, 3.8) is 0 Å². The number of nitrogens with zero attached hydrogens (tertiary/aromatic N) is 5. The van der Waals surface area contributed by atoms with Gasteiger partial charge in [0.1, 0.15) is 11.6 Å². The molecule has 0 bridgehead atoms. The molecule has 1 aliphatic heterocycles. The minimum absolute atomic E-state index is 0.239. The molecule has 0 aliphatic carbocycles. The maximum atomic E-state index is 13.7. The van der Waals surface area contributed by atoms with Crippen molar-refractivity contribution in [2.45, 2.75) is 46.8 Å². The second-order valence-corrected chi connectivity index (χ2v) is 9.69. The molecule has 1 aliphatic rings. The highest BCUT2D eigenvalue weighted by atomic mass is 35.5. The number of hydrogen-bond acceptors (Lipinski definition) is 4. The van der Waals surface area contributed by atoms with Gasteiger partial charge >= 0.3 is 0 Å². The summed E-state index contributed by atoms with van der Waals surface area (Å²) in [6, 6.07) is 15.0. The number of piperazine rings is 1. The Morgan fingerprint density at radius 3 is 2.29 bits per heavy atom. The highest BCUT2D eigenvalue weighted by Gasteiger charge is 2.27. The van der Waals surface area contributed by atoms with Crippen molar-refractivity contribution in [2.75, 3.05) is 37.6 Å². The lowest BCUT2D eigenvalue weighted by Gasteiger charge is -2.36. The highest BCUT2D eigenvalue weighted by molar-refractivity contribution is 6.31. The third-order valence-electron chi connectivity index (χ3n) is 6.77. The highest BCUT2D eigenvalue weighted by Crippen LogP contribution is 2.31. The van der Waals surface area contributed by atoms with E-state index in [1.807, 2.05) is 22.9 Å². The third kappa shape index (κ3) is 5.45. The van der Waals surface area contributed by atoms with Crippen LogP contribution in [-0.4, -0.2) is 58.3 Å². The minimum Gasteiger partial charge on any atom is -0.354 e. The normalized spacial score (nSPS) is 15.0. The van der Waals surface area contributed by atoms with Crippen LogP contribution in [0.4, 0.5) is 10.2 Å². The second-order valence-electron chi connectivity index (χ2n) is 9.29. The van der Waals surface area contributed by atoms with Gasteiger partial charge in [-0.3, -0.25) is 4.90 Å². The Morgan fingerprint density at radius 1 is 1.00 bits per heavy atom. The summed E-state index contributed by atoms with van der Waals surface area (Å²) < 4.78 is 15.7. The zero-order valence-corrected chi connectivity index (χ0v) is 21.4. The number of likely N-dealkylation sites (N-methyl/N-ethyl adjacent to an activating group) is 1.